The van der Waals surface area contributed by atoms with Gasteiger partial charge in [-0.1, -0.05) is 0 Å². The highest BCUT2D eigenvalue weighted by atomic mass is 35.5. The van der Waals surface area contributed by atoms with Crippen LogP contribution < -0.4 is 5.32 Å². The normalized spacial score (nSPS) is 38.1. The van der Waals surface area contributed by atoms with Crippen LogP contribution in [0.15, 0.2) is 6.20 Å². The van der Waals surface area contributed by atoms with Gasteiger partial charge in [-0.15, -0.1) is 0 Å². The monoisotopic (exact) mass is 280 g/mol. The van der Waals surface area contributed by atoms with Crippen LogP contribution in [0.3, 0.4) is 0 Å². The average molecular weight is 281 g/mol. The first-order valence-electron chi connectivity index (χ1n) is 6.58. The molecule has 4 unspecified atom stereocenters. The Kier molecular flexibility index (Phi) is 2.27. The molecule has 3 saturated carbocycles. The van der Waals surface area contributed by atoms with Crippen molar-refractivity contribution < 1.29 is 4.92 Å². The number of anilines is 1. The van der Waals surface area contributed by atoms with Crippen LogP contribution in [-0.2, 0) is 0 Å². The molecule has 0 amide bonds. The van der Waals surface area contributed by atoms with E-state index in [0.29, 0.717) is 17.9 Å². The molecule has 2 bridgehead atoms. The Morgan fingerprint density at radius 3 is 2.68 bits per heavy atom. The molecule has 6 nitrogen and oxygen atoms in total. The van der Waals surface area contributed by atoms with Gasteiger partial charge in [-0.05, 0) is 54.5 Å². The van der Waals surface area contributed by atoms with Gasteiger partial charge < -0.3 is 5.32 Å². The number of halogens is 1. The van der Waals surface area contributed by atoms with Crippen LogP contribution in [0.25, 0.3) is 0 Å². The third-order valence-corrected chi connectivity index (χ3v) is 5.16. The molecule has 1 aromatic heterocycles. The summed E-state index contributed by atoms with van der Waals surface area (Å²) in [5, 5.41) is 14.2. The van der Waals surface area contributed by atoms with Gasteiger partial charge in [-0.3, -0.25) is 10.1 Å². The van der Waals surface area contributed by atoms with Crippen LogP contribution in [0.5, 0.6) is 0 Å². The predicted octanol–water partition coefficient (Wildman–Crippen LogP) is 2.49. The van der Waals surface area contributed by atoms with Gasteiger partial charge in [-0.2, -0.15) is 4.98 Å². The van der Waals surface area contributed by atoms with Crippen LogP contribution in [0, 0.1) is 33.8 Å². The Morgan fingerprint density at radius 2 is 2.05 bits per heavy atom. The molecule has 0 spiro atoms. The summed E-state index contributed by atoms with van der Waals surface area (Å²) in [7, 11) is 0. The van der Waals surface area contributed by atoms with Crippen molar-refractivity contribution in [2.75, 3.05) is 5.32 Å². The molecule has 0 radical (unpaired) electrons. The quantitative estimate of drug-likeness (QED) is 0.523. The Bertz CT molecular complexity index is 551. The van der Waals surface area contributed by atoms with Crippen LogP contribution in [0.2, 0.25) is 5.28 Å². The van der Waals surface area contributed by atoms with Crippen molar-refractivity contribution >= 4 is 23.1 Å². The summed E-state index contributed by atoms with van der Waals surface area (Å²) in [4.78, 5) is 18.1. The molecular weight excluding hydrogens is 268 g/mol. The lowest BCUT2D eigenvalue weighted by Crippen LogP contribution is -2.15. The van der Waals surface area contributed by atoms with Gasteiger partial charge in [0.15, 0.2) is 0 Å². The largest absolute Gasteiger partial charge is 0.361 e. The van der Waals surface area contributed by atoms with Gasteiger partial charge in [0.2, 0.25) is 11.1 Å². The fraction of sp³-hybridized carbons (Fsp3) is 0.667. The van der Waals surface area contributed by atoms with E-state index in [-0.39, 0.29) is 16.8 Å². The van der Waals surface area contributed by atoms with E-state index in [9.17, 15) is 10.1 Å². The SMILES string of the molecule is O=[N+]([O-])c1cnc(Cl)nc1NC1C2C3CCC(C3)C12. The van der Waals surface area contributed by atoms with E-state index in [0.717, 1.165) is 11.8 Å². The van der Waals surface area contributed by atoms with E-state index in [1.54, 1.807) is 0 Å². The second-order valence-corrected chi connectivity index (χ2v) is 6.13. The van der Waals surface area contributed by atoms with E-state index in [2.05, 4.69) is 15.3 Å². The van der Waals surface area contributed by atoms with Crippen molar-refractivity contribution in [1.29, 1.82) is 0 Å². The van der Waals surface area contributed by atoms with Gasteiger partial charge in [0.1, 0.15) is 6.20 Å². The molecule has 3 fully saturated rings. The van der Waals surface area contributed by atoms with Crippen LogP contribution in [0.1, 0.15) is 19.3 Å². The van der Waals surface area contributed by atoms with Crippen LogP contribution >= 0.6 is 11.6 Å². The number of hydrogen-bond acceptors (Lipinski definition) is 5. The Hall–Kier alpha value is -1.43. The molecule has 1 aromatic rings. The number of fused-ring (bicyclic) bond motifs is 5. The first-order valence-corrected chi connectivity index (χ1v) is 6.96. The first kappa shape index (κ1) is 11.4. The highest BCUT2D eigenvalue weighted by Gasteiger charge is 2.65. The van der Waals surface area contributed by atoms with E-state index in [1.165, 1.54) is 25.5 Å². The number of rotatable bonds is 3. The molecule has 0 aliphatic heterocycles. The molecule has 3 aliphatic carbocycles. The molecular formula is C12H13ClN4O2. The van der Waals surface area contributed by atoms with Gasteiger partial charge >= 0.3 is 5.69 Å². The third-order valence-electron chi connectivity index (χ3n) is 4.98. The number of nitro groups is 1. The highest BCUT2D eigenvalue weighted by molar-refractivity contribution is 6.28. The van der Waals surface area contributed by atoms with E-state index in [4.69, 9.17) is 11.6 Å². The molecule has 100 valence electrons. The second kappa shape index (κ2) is 3.79. The summed E-state index contributed by atoms with van der Waals surface area (Å²) in [6, 6.07) is 0.343. The lowest BCUT2D eigenvalue weighted by molar-refractivity contribution is -0.384. The summed E-state index contributed by atoms with van der Waals surface area (Å²) in [6.45, 7) is 0. The van der Waals surface area contributed by atoms with Crippen LogP contribution in [0.4, 0.5) is 11.5 Å². The Labute approximate surface area is 114 Å². The summed E-state index contributed by atoms with van der Waals surface area (Å²) < 4.78 is 0. The molecule has 3 aliphatic rings. The molecule has 4 atom stereocenters. The Balaban J connectivity index is 1.58. The fourth-order valence-corrected chi connectivity index (χ4v) is 4.40. The van der Waals surface area contributed by atoms with Crippen molar-refractivity contribution in [1.82, 2.24) is 9.97 Å². The molecule has 1 N–H and O–H groups in total. The van der Waals surface area contributed by atoms with Crippen molar-refractivity contribution in [3.63, 3.8) is 0 Å². The zero-order valence-electron chi connectivity index (χ0n) is 10.1. The minimum atomic E-state index is -0.467. The maximum Gasteiger partial charge on any atom is 0.329 e. The maximum atomic E-state index is 11.0. The van der Waals surface area contributed by atoms with Crippen molar-refractivity contribution in [3.8, 4) is 0 Å². The van der Waals surface area contributed by atoms with E-state index in [1.807, 2.05) is 0 Å². The smallest absolute Gasteiger partial charge is 0.329 e. The lowest BCUT2D eigenvalue weighted by atomic mass is 10.0. The summed E-state index contributed by atoms with van der Waals surface area (Å²) in [6.07, 6.45) is 5.15. The summed E-state index contributed by atoms with van der Waals surface area (Å²) in [5.41, 5.74) is -0.0956. The minimum Gasteiger partial charge on any atom is -0.361 e. The first-order chi connectivity index (χ1) is 9.15. The second-order valence-electron chi connectivity index (χ2n) is 5.79. The number of nitrogens with zero attached hydrogens (tertiary/aromatic N) is 3. The number of aromatic nitrogens is 2. The number of hydrogen-bond donors (Lipinski definition) is 1. The molecule has 0 aromatic carbocycles. The average Bonchev–Trinajstić information content (AvgIpc) is 2.78. The summed E-state index contributed by atoms with van der Waals surface area (Å²) >= 11 is 5.73. The van der Waals surface area contributed by atoms with Gasteiger partial charge in [-0.25, -0.2) is 4.98 Å². The number of nitrogens with one attached hydrogen (secondary N) is 1. The van der Waals surface area contributed by atoms with Crippen molar-refractivity contribution in [2.24, 2.45) is 23.7 Å². The van der Waals surface area contributed by atoms with Crippen molar-refractivity contribution in [2.45, 2.75) is 25.3 Å². The molecule has 1 heterocycles. The maximum absolute atomic E-state index is 11.0. The minimum absolute atomic E-state index is 0.0434. The zero-order valence-corrected chi connectivity index (χ0v) is 10.9. The molecule has 4 rings (SSSR count). The topological polar surface area (TPSA) is 81.0 Å². The standard InChI is InChI=1S/C12H13ClN4O2/c13-12-14-4-7(17(18)19)11(16-12)15-10-8-5-1-2-6(3-5)9(8)10/h4-6,8-10H,1-3H2,(H,14,15,16). The third kappa shape index (κ3) is 1.62. The Morgan fingerprint density at radius 1 is 1.37 bits per heavy atom. The van der Waals surface area contributed by atoms with E-state index >= 15 is 0 Å². The highest BCUT2D eigenvalue weighted by Crippen LogP contribution is 2.66. The molecule has 7 heteroatoms. The van der Waals surface area contributed by atoms with Gasteiger partial charge in [0.25, 0.3) is 0 Å². The van der Waals surface area contributed by atoms with Gasteiger partial charge in [0.05, 0.1) is 4.92 Å². The zero-order chi connectivity index (χ0) is 13.1. The van der Waals surface area contributed by atoms with Crippen molar-refractivity contribution in [3.05, 3.63) is 21.6 Å². The molecule has 0 saturated heterocycles. The lowest BCUT2D eigenvalue weighted by Gasteiger charge is -2.11. The summed E-state index contributed by atoms with van der Waals surface area (Å²) in [5.74, 6) is 3.26. The fourth-order valence-electron chi connectivity index (χ4n) is 4.27. The molecule has 19 heavy (non-hydrogen) atoms. The van der Waals surface area contributed by atoms with E-state index < -0.39 is 4.92 Å². The predicted molar refractivity (Wildman–Crippen MR) is 68.9 cm³/mol. The van der Waals surface area contributed by atoms with Crippen LogP contribution in [-0.4, -0.2) is 20.9 Å². The van der Waals surface area contributed by atoms with Gasteiger partial charge in [0, 0.05) is 6.04 Å².